The van der Waals surface area contributed by atoms with Gasteiger partial charge in [0.2, 0.25) is 5.91 Å². The second-order valence-electron chi connectivity index (χ2n) is 8.63. The maximum absolute atomic E-state index is 12.1. The first-order valence-corrected chi connectivity index (χ1v) is 12.0. The number of hydrogen-bond donors (Lipinski definition) is 1. The fourth-order valence-corrected chi connectivity index (χ4v) is 5.76. The third kappa shape index (κ3) is 3.33. The second kappa shape index (κ2) is 7.91. The summed E-state index contributed by atoms with van der Waals surface area (Å²) < 4.78 is 8.15. The summed E-state index contributed by atoms with van der Waals surface area (Å²) in [5.41, 5.74) is 10.3. The van der Waals surface area contributed by atoms with Gasteiger partial charge in [0.15, 0.2) is 11.4 Å². The molecule has 0 aliphatic carbocycles. The van der Waals surface area contributed by atoms with E-state index in [1.165, 1.54) is 11.3 Å². The minimum Gasteiger partial charge on any atom is -0.452 e. The van der Waals surface area contributed by atoms with E-state index >= 15 is 0 Å². The monoisotopic (exact) mass is 474 g/mol. The summed E-state index contributed by atoms with van der Waals surface area (Å²) in [5.74, 6) is 0.877. The molecule has 2 aliphatic rings. The number of nitrogens with two attached hydrogens (primary N) is 1. The van der Waals surface area contributed by atoms with Gasteiger partial charge >= 0.3 is 0 Å². The van der Waals surface area contributed by atoms with Crippen molar-refractivity contribution in [2.24, 2.45) is 4.99 Å². The quantitative estimate of drug-likeness (QED) is 0.480. The van der Waals surface area contributed by atoms with Gasteiger partial charge in [0, 0.05) is 72.5 Å². The molecule has 1 fully saturated rings. The average molecular weight is 475 g/mol. The Kier molecular flexibility index (Phi) is 4.84. The molecule has 1 saturated heterocycles. The van der Waals surface area contributed by atoms with Crippen LogP contribution in [0.15, 0.2) is 39.4 Å². The molecular weight excluding hydrogens is 452 g/mol. The molecule has 0 radical (unpaired) electrons. The van der Waals surface area contributed by atoms with Crippen molar-refractivity contribution in [2.75, 3.05) is 18.8 Å². The number of fused-ring (bicyclic) bond motifs is 2. The summed E-state index contributed by atoms with van der Waals surface area (Å²) in [6, 6.07) is 2.21. The lowest BCUT2D eigenvalue weighted by Crippen LogP contribution is -2.37. The normalized spacial score (nSPS) is 16.4. The number of hydrogen-bond acceptors (Lipinski definition) is 7. The number of furan rings is 1. The Balaban J connectivity index is 1.35. The molecule has 0 bridgehead atoms. The van der Waals surface area contributed by atoms with Gasteiger partial charge in [0.1, 0.15) is 5.76 Å². The highest BCUT2D eigenvalue weighted by Gasteiger charge is 2.25. The molecule has 0 spiro atoms. The fourth-order valence-electron chi connectivity index (χ4n) is 4.78. The van der Waals surface area contributed by atoms with Crippen molar-refractivity contribution in [1.82, 2.24) is 19.7 Å². The van der Waals surface area contributed by atoms with Crippen LogP contribution in [0.5, 0.6) is 0 Å². The number of thiophene rings is 1. The topological polar surface area (TPSA) is 120 Å². The van der Waals surface area contributed by atoms with Gasteiger partial charge in [-0.3, -0.25) is 14.3 Å². The van der Waals surface area contributed by atoms with E-state index in [2.05, 4.69) is 15.1 Å². The maximum atomic E-state index is 12.1. The molecule has 0 aromatic carbocycles. The number of nitrogen functional groups attached to an aromatic ring is 1. The Morgan fingerprint density at radius 2 is 2.06 bits per heavy atom. The van der Waals surface area contributed by atoms with Crippen molar-refractivity contribution in [1.29, 1.82) is 0 Å². The molecule has 2 amide bonds. The number of piperidine rings is 1. The third-order valence-electron chi connectivity index (χ3n) is 6.64. The third-order valence-corrected chi connectivity index (χ3v) is 7.65. The Morgan fingerprint density at radius 1 is 1.24 bits per heavy atom. The van der Waals surface area contributed by atoms with Crippen molar-refractivity contribution in [2.45, 2.75) is 32.2 Å². The van der Waals surface area contributed by atoms with Gasteiger partial charge in [-0.15, -0.1) is 11.3 Å². The zero-order chi connectivity index (χ0) is 23.4. The van der Waals surface area contributed by atoms with Crippen LogP contribution in [0.25, 0.3) is 33.4 Å². The van der Waals surface area contributed by atoms with Crippen LogP contribution >= 0.6 is 11.3 Å². The minimum absolute atomic E-state index is 0.120. The zero-order valence-corrected chi connectivity index (χ0v) is 19.3. The number of likely N-dealkylation sites (tertiary alicyclic amines) is 1. The highest BCUT2D eigenvalue weighted by Crippen LogP contribution is 2.40. The summed E-state index contributed by atoms with van der Waals surface area (Å²) >= 11 is 1.38. The predicted molar refractivity (Wildman–Crippen MR) is 130 cm³/mol. The zero-order valence-electron chi connectivity index (χ0n) is 18.5. The van der Waals surface area contributed by atoms with Crippen molar-refractivity contribution < 1.29 is 14.0 Å². The van der Waals surface area contributed by atoms with Crippen LogP contribution < -0.4 is 5.73 Å². The molecule has 2 aliphatic heterocycles. The molecule has 2 N–H and O–H groups in total. The van der Waals surface area contributed by atoms with Crippen LogP contribution in [0, 0.1) is 0 Å². The molecule has 0 unspecified atom stereocenters. The first-order valence-electron chi connectivity index (χ1n) is 11.1. The van der Waals surface area contributed by atoms with Gasteiger partial charge < -0.3 is 15.1 Å². The largest absolute Gasteiger partial charge is 0.452 e. The van der Waals surface area contributed by atoms with Gasteiger partial charge in [0.25, 0.3) is 5.91 Å². The Morgan fingerprint density at radius 3 is 2.85 bits per heavy atom. The molecule has 34 heavy (non-hydrogen) atoms. The first kappa shape index (κ1) is 20.8. The van der Waals surface area contributed by atoms with Gasteiger partial charge in [-0.2, -0.15) is 5.10 Å². The van der Waals surface area contributed by atoms with Crippen LogP contribution in [0.1, 0.15) is 41.0 Å². The molecule has 4 aromatic rings. The van der Waals surface area contributed by atoms with Crippen LogP contribution in [0.3, 0.4) is 0 Å². The van der Waals surface area contributed by atoms with Gasteiger partial charge in [0.05, 0.1) is 17.1 Å². The van der Waals surface area contributed by atoms with E-state index in [0.717, 1.165) is 53.6 Å². The summed E-state index contributed by atoms with van der Waals surface area (Å²) in [7, 11) is 0. The number of amides is 2. The lowest BCUT2D eigenvalue weighted by atomic mass is 10.0. The molecule has 0 atom stereocenters. The summed E-state index contributed by atoms with van der Waals surface area (Å²) in [6.45, 7) is 3.10. The van der Waals surface area contributed by atoms with Gasteiger partial charge in [-0.05, 0) is 24.5 Å². The van der Waals surface area contributed by atoms with Crippen LogP contribution in [0.2, 0.25) is 0 Å². The number of rotatable bonds is 3. The average Bonchev–Trinajstić information content (AvgIpc) is 3.58. The van der Waals surface area contributed by atoms with Gasteiger partial charge in [-0.25, -0.2) is 9.98 Å². The molecule has 9 nitrogen and oxygen atoms in total. The van der Waals surface area contributed by atoms with Crippen LogP contribution in [-0.2, 0) is 11.2 Å². The number of anilines is 1. The number of nitrogens with zero attached hydrogens (tertiary/aromatic N) is 5. The fraction of sp³-hybridized carbons (Fsp3) is 0.292. The number of pyridine rings is 1. The Labute approximate surface area is 198 Å². The lowest BCUT2D eigenvalue weighted by Gasteiger charge is -2.31. The van der Waals surface area contributed by atoms with Crippen molar-refractivity contribution >= 4 is 46.2 Å². The first-order chi connectivity index (χ1) is 16.5. The van der Waals surface area contributed by atoms with E-state index in [-0.39, 0.29) is 17.9 Å². The minimum atomic E-state index is -0.211. The predicted octanol–water partition coefficient (Wildman–Crippen LogP) is 3.95. The highest BCUT2D eigenvalue weighted by atomic mass is 32.1. The van der Waals surface area contributed by atoms with Crippen LogP contribution in [0.4, 0.5) is 5.82 Å². The van der Waals surface area contributed by atoms with E-state index in [1.807, 2.05) is 33.4 Å². The Bertz CT molecular complexity index is 1470. The van der Waals surface area contributed by atoms with Crippen molar-refractivity contribution in [3.05, 3.63) is 40.5 Å². The standard InChI is InChI=1S/C24H22N6O3S/c1-13(31)29-6-3-15(4-7-29)30-11-14(9-28-30)18-10-27-23(25)21-17(18)8-20(33-21)19-12-34-22-16(19)2-5-26-24(22)32/h5,8-12,15H,2-4,6-7H2,1H3,(H2,25,27). The van der Waals surface area contributed by atoms with Crippen LogP contribution in [-0.4, -0.2) is 50.8 Å². The highest BCUT2D eigenvalue weighted by molar-refractivity contribution is 7.12. The molecule has 6 rings (SSSR count). The summed E-state index contributed by atoms with van der Waals surface area (Å²) in [4.78, 5) is 34.5. The van der Waals surface area contributed by atoms with E-state index in [1.54, 1.807) is 19.3 Å². The molecule has 172 valence electrons. The molecule has 10 heteroatoms. The van der Waals surface area contributed by atoms with E-state index in [4.69, 9.17) is 10.2 Å². The summed E-state index contributed by atoms with van der Waals surface area (Å²) in [6.07, 6.45) is 9.57. The van der Waals surface area contributed by atoms with E-state index < -0.39 is 0 Å². The molecular formula is C24H22N6O3S. The Hall–Kier alpha value is -3.79. The second-order valence-corrected chi connectivity index (χ2v) is 9.51. The van der Waals surface area contributed by atoms with Crippen molar-refractivity contribution in [3.63, 3.8) is 0 Å². The molecule has 4 aromatic heterocycles. The molecule has 6 heterocycles. The smallest absolute Gasteiger partial charge is 0.287 e. The number of carbonyl (C=O) groups excluding carboxylic acids is 2. The lowest BCUT2D eigenvalue weighted by molar-refractivity contribution is -0.130. The number of carbonyl (C=O) groups is 2. The maximum Gasteiger partial charge on any atom is 0.287 e. The van der Waals surface area contributed by atoms with Gasteiger partial charge in [-0.1, -0.05) is 0 Å². The molecule has 0 saturated carbocycles. The van der Waals surface area contributed by atoms with E-state index in [0.29, 0.717) is 28.5 Å². The van der Waals surface area contributed by atoms with E-state index in [9.17, 15) is 9.59 Å². The summed E-state index contributed by atoms with van der Waals surface area (Å²) in [5, 5.41) is 7.40. The number of aromatic nitrogens is 3. The SMILES string of the molecule is CC(=O)N1CCC(n2cc(-c3cnc(N)c4oc(-c5csc6c5CC=NC6=O)cc34)cn2)CC1. The number of aliphatic imine (C=N–C) groups is 1. The van der Waals surface area contributed by atoms with Crippen molar-refractivity contribution in [3.8, 4) is 22.5 Å².